The van der Waals surface area contributed by atoms with E-state index in [2.05, 4.69) is 0 Å². The van der Waals surface area contributed by atoms with Crippen molar-refractivity contribution >= 4 is 35.2 Å². The van der Waals surface area contributed by atoms with Gasteiger partial charge in [0.15, 0.2) is 0 Å². The van der Waals surface area contributed by atoms with Crippen molar-refractivity contribution in [2.75, 3.05) is 6.61 Å². The summed E-state index contributed by atoms with van der Waals surface area (Å²) in [6, 6.07) is 12.4. The molecule has 0 N–H and O–H groups in total. The van der Waals surface area contributed by atoms with Gasteiger partial charge in [0.25, 0.3) is 0 Å². The van der Waals surface area contributed by atoms with E-state index >= 15 is 0 Å². The Balaban J connectivity index is 2.32. The average molecular weight is 351 g/mol. The van der Waals surface area contributed by atoms with E-state index in [-0.39, 0.29) is 12.4 Å². The average Bonchev–Trinajstić information content (AvgIpc) is 2.52. The van der Waals surface area contributed by atoms with E-state index in [1.165, 1.54) is 0 Å². The van der Waals surface area contributed by atoms with Crippen LogP contribution in [-0.4, -0.2) is 12.6 Å². The van der Waals surface area contributed by atoms with E-state index < -0.39 is 5.97 Å². The van der Waals surface area contributed by atoms with Crippen LogP contribution in [0.2, 0.25) is 10.0 Å². The van der Waals surface area contributed by atoms with Gasteiger partial charge in [0, 0.05) is 0 Å². The number of hydrogen-bond acceptors (Lipinski definition) is 3. The molecule has 2 aromatic rings. The highest BCUT2D eigenvalue weighted by Gasteiger charge is 2.14. The van der Waals surface area contributed by atoms with Gasteiger partial charge >= 0.3 is 5.97 Å². The maximum absolute atomic E-state index is 12.1. The standard InChI is InChI=1S/C18H16Cl2O3/c1-3-22-18(21)17(23-14-7-4-12(2)5-8-14)11-13-6-9-15(19)16(20)10-13/h4-11H,3H2,1-2H3/b17-11-. The van der Waals surface area contributed by atoms with Crippen LogP contribution in [0.25, 0.3) is 6.08 Å². The van der Waals surface area contributed by atoms with Gasteiger partial charge in [0.05, 0.1) is 16.7 Å². The van der Waals surface area contributed by atoms with Crippen LogP contribution >= 0.6 is 23.2 Å². The van der Waals surface area contributed by atoms with Crippen molar-refractivity contribution < 1.29 is 14.3 Å². The van der Waals surface area contributed by atoms with Gasteiger partial charge in [-0.05, 0) is 49.8 Å². The molecule has 0 heterocycles. The van der Waals surface area contributed by atoms with Crippen molar-refractivity contribution in [1.82, 2.24) is 0 Å². The highest BCUT2D eigenvalue weighted by atomic mass is 35.5. The van der Waals surface area contributed by atoms with Gasteiger partial charge in [0.1, 0.15) is 5.75 Å². The fourth-order valence-corrected chi connectivity index (χ4v) is 2.13. The first-order valence-electron chi connectivity index (χ1n) is 7.08. The van der Waals surface area contributed by atoms with Crippen LogP contribution < -0.4 is 4.74 Å². The normalized spacial score (nSPS) is 11.2. The molecule has 0 bridgehead atoms. The predicted molar refractivity (Wildman–Crippen MR) is 92.9 cm³/mol. The lowest BCUT2D eigenvalue weighted by Crippen LogP contribution is -2.12. The van der Waals surface area contributed by atoms with E-state index in [0.29, 0.717) is 21.4 Å². The molecule has 0 unspecified atom stereocenters. The van der Waals surface area contributed by atoms with E-state index in [1.54, 1.807) is 43.3 Å². The summed E-state index contributed by atoms with van der Waals surface area (Å²) in [6.45, 7) is 3.97. The summed E-state index contributed by atoms with van der Waals surface area (Å²) in [5, 5.41) is 0.847. The van der Waals surface area contributed by atoms with Gasteiger partial charge in [-0.15, -0.1) is 0 Å². The molecule has 0 saturated carbocycles. The number of carbonyl (C=O) groups excluding carboxylic acids is 1. The first-order chi connectivity index (χ1) is 11.0. The Bertz CT molecular complexity index is 722. The molecule has 0 amide bonds. The molecule has 0 fully saturated rings. The Morgan fingerprint density at radius 2 is 1.78 bits per heavy atom. The molecule has 0 aliphatic rings. The van der Waals surface area contributed by atoms with Gasteiger partial charge in [0.2, 0.25) is 5.76 Å². The van der Waals surface area contributed by atoms with E-state index in [9.17, 15) is 4.79 Å². The maximum atomic E-state index is 12.1. The minimum absolute atomic E-state index is 0.0779. The van der Waals surface area contributed by atoms with Crippen molar-refractivity contribution in [3.05, 3.63) is 69.4 Å². The molecule has 3 nitrogen and oxygen atoms in total. The zero-order valence-electron chi connectivity index (χ0n) is 12.8. The van der Waals surface area contributed by atoms with E-state index in [4.69, 9.17) is 32.7 Å². The van der Waals surface area contributed by atoms with Crippen LogP contribution in [0.15, 0.2) is 48.2 Å². The second-order valence-corrected chi connectivity index (χ2v) is 5.63. The number of ether oxygens (including phenoxy) is 2. The molecule has 0 spiro atoms. The Labute approximate surface area is 145 Å². The van der Waals surface area contributed by atoms with Crippen LogP contribution in [0.4, 0.5) is 0 Å². The number of aryl methyl sites for hydroxylation is 1. The van der Waals surface area contributed by atoms with E-state index in [0.717, 1.165) is 5.56 Å². The summed E-state index contributed by atoms with van der Waals surface area (Å²) in [5.74, 6) is 0.0863. The summed E-state index contributed by atoms with van der Waals surface area (Å²) in [6.07, 6.45) is 1.57. The Hall–Kier alpha value is -1.97. The second-order valence-electron chi connectivity index (χ2n) is 4.82. The van der Waals surface area contributed by atoms with E-state index in [1.807, 2.05) is 19.1 Å². The zero-order valence-corrected chi connectivity index (χ0v) is 14.3. The molecule has 0 radical (unpaired) electrons. The monoisotopic (exact) mass is 350 g/mol. The number of hydrogen-bond donors (Lipinski definition) is 0. The molecule has 5 heteroatoms. The third kappa shape index (κ3) is 5.02. The molecule has 0 aliphatic heterocycles. The van der Waals surface area contributed by atoms with Gasteiger partial charge in [-0.3, -0.25) is 0 Å². The molecular formula is C18H16Cl2O3. The Morgan fingerprint density at radius 3 is 2.39 bits per heavy atom. The Morgan fingerprint density at radius 1 is 1.09 bits per heavy atom. The quantitative estimate of drug-likeness (QED) is 0.417. The SMILES string of the molecule is CCOC(=O)/C(=C/c1ccc(Cl)c(Cl)c1)Oc1ccc(C)cc1. The zero-order chi connectivity index (χ0) is 16.8. The van der Waals surface area contributed by atoms with Crippen LogP contribution in [-0.2, 0) is 9.53 Å². The van der Waals surface area contributed by atoms with Gasteiger partial charge < -0.3 is 9.47 Å². The Kier molecular flexibility index (Phi) is 6.08. The summed E-state index contributed by atoms with van der Waals surface area (Å²) >= 11 is 11.9. The largest absolute Gasteiger partial charge is 0.460 e. The summed E-state index contributed by atoms with van der Waals surface area (Å²) < 4.78 is 10.7. The van der Waals surface area contributed by atoms with Gasteiger partial charge in [-0.1, -0.05) is 47.0 Å². The predicted octanol–water partition coefficient (Wildman–Crippen LogP) is 5.28. The molecule has 0 saturated heterocycles. The third-order valence-electron chi connectivity index (χ3n) is 2.97. The van der Waals surface area contributed by atoms with Crippen molar-refractivity contribution in [1.29, 1.82) is 0 Å². The van der Waals surface area contributed by atoms with Gasteiger partial charge in [-0.25, -0.2) is 4.79 Å². The number of halogens is 2. The number of esters is 1. The minimum Gasteiger partial charge on any atom is -0.460 e. The van der Waals surface area contributed by atoms with Gasteiger partial charge in [-0.2, -0.15) is 0 Å². The number of carbonyl (C=O) groups is 1. The molecule has 120 valence electrons. The molecule has 0 aromatic heterocycles. The molecular weight excluding hydrogens is 335 g/mol. The molecule has 0 aliphatic carbocycles. The number of rotatable bonds is 5. The molecule has 23 heavy (non-hydrogen) atoms. The van der Waals surface area contributed by atoms with Crippen LogP contribution in [0, 0.1) is 6.92 Å². The topological polar surface area (TPSA) is 35.5 Å². The van der Waals surface area contributed by atoms with Crippen molar-refractivity contribution in [3.63, 3.8) is 0 Å². The summed E-state index contributed by atoms with van der Waals surface area (Å²) in [4.78, 5) is 12.1. The lowest BCUT2D eigenvalue weighted by atomic mass is 10.2. The summed E-state index contributed by atoms with van der Waals surface area (Å²) in [7, 11) is 0. The lowest BCUT2D eigenvalue weighted by Gasteiger charge is -2.10. The maximum Gasteiger partial charge on any atom is 0.374 e. The van der Waals surface area contributed by atoms with Crippen molar-refractivity contribution in [3.8, 4) is 5.75 Å². The first-order valence-corrected chi connectivity index (χ1v) is 7.83. The van der Waals surface area contributed by atoms with Crippen molar-refractivity contribution in [2.24, 2.45) is 0 Å². The summed E-state index contributed by atoms with van der Waals surface area (Å²) in [5.41, 5.74) is 1.79. The van der Waals surface area contributed by atoms with Crippen LogP contribution in [0.1, 0.15) is 18.1 Å². The van der Waals surface area contributed by atoms with Crippen molar-refractivity contribution in [2.45, 2.75) is 13.8 Å². The molecule has 2 rings (SSSR count). The van der Waals surface area contributed by atoms with Crippen LogP contribution in [0.5, 0.6) is 5.75 Å². The van der Waals surface area contributed by atoms with Crippen LogP contribution in [0.3, 0.4) is 0 Å². The molecule has 0 atom stereocenters. The second kappa shape index (κ2) is 8.04. The fourth-order valence-electron chi connectivity index (χ4n) is 1.82. The molecule has 2 aromatic carbocycles. The lowest BCUT2D eigenvalue weighted by molar-refractivity contribution is -0.140. The number of benzene rings is 2. The third-order valence-corrected chi connectivity index (χ3v) is 3.71. The first kappa shape index (κ1) is 17.4. The smallest absolute Gasteiger partial charge is 0.374 e. The fraction of sp³-hybridized carbons (Fsp3) is 0.167. The minimum atomic E-state index is -0.542. The highest BCUT2D eigenvalue weighted by Crippen LogP contribution is 2.24. The highest BCUT2D eigenvalue weighted by molar-refractivity contribution is 6.42.